The predicted octanol–water partition coefficient (Wildman–Crippen LogP) is 2.77. The third kappa shape index (κ3) is 7.65. The largest absolute Gasteiger partial charge is 0.481 e. The fraction of sp³-hybridized carbons (Fsp3) is 0.381. The average molecular weight is 416 g/mol. The van der Waals surface area contributed by atoms with Gasteiger partial charge in [-0.3, -0.25) is 24.4 Å². The third-order valence-electron chi connectivity index (χ3n) is 4.44. The summed E-state index contributed by atoms with van der Waals surface area (Å²) < 4.78 is 0. The van der Waals surface area contributed by atoms with Crippen LogP contribution < -0.4 is 0 Å². The standard InChI is InChI=1S/C13H16N2O2S.C8H9NO2/c1-10(16)18-12-8-15(9-12)13(17)5-4-11-3-2-6-14-7-11;1-6(8(10)11)7-3-2-4-9-5-7/h2-3,6-7,12H,4-5,8-9H2,1H3;2-6H,1H3,(H,10,11). The van der Waals surface area contributed by atoms with E-state index in [2.05, 4.69) is 9.97 Å². The van der Waals surface area contributed by atoms with Gasteiger partial charge in [0.1, 0.15) is 0 Å². The molecule has 3 rings (SSSR count). The van der Waals surface area contributed by atoms with Gasteiger partial charge < -0.3 is 10.0 Å². The van der Waals surface area contributed by atoms with E-state index in [1.807, 2.05) is 17.0 Å². The molecule has 2 aromatic heterocycles. The Bertz CT molecular complexity index is 811. The van der Waals surface area contributed by atoms with Gasteiger partial charge in [0.05, 0.1) is 5.92 Å². The summed E-state index contributed by atoms with van der Waals surface area (Å²) in [5, 5.41) is 9.03. The lowest BCUT2D eigenvalue weighted by atomic mass is 10.0. The number of aryl methyl sites for hydroxylation is 1. The van der Waals surface area contributed by atoms with E-state index in [0.717, 1.165) is 17.5 Å². The van der Waals surface area contributed by atoms with Crippen LogP contribution in [0, 0.1) is 0 Å². The van der Waals surface area contributed by atoms with Crippen LogP contribution in [0.15, 0.2) is 49.1 Å². The molecule has 154 valence electrons. The highest BCUT2D eigenvalue weighted by Gasteiger charge is 2.31. The van der Waals surface area contributed by atoms with E-state index in [0.29, 0.717) is 24.8 Å². The molecule has 1 aliphatic rings. The zero-order valence-corrected chi connectivity index (χ0v) is 17.3. The van der Waals surface area contributed by atoms with Crippen molar-refractivity contribution in [3.63, 3.8) is 0 Å². The number of carbonyl (C=O) groups excluding carboxylic acids is 2. The van der Waals surface area contributed by atoms with Gasteiger partial charge in [-0.1, -0.05) is 23.9 Å². The molecule has 1 N–H and O–H groups in total. The number of hydrogen-bond acceptors (Lipinski definition) is 6. The van der Waals surface area contributed by atoms with E-state index in [9.17, 15) is 14.4 Å². The van der Waals surface area contributed by atoms with Crippen molar-refractivity contribution in [2.75, 3.05) is 13.1 Å². The summed E-state index contributed by atoms with van der Waals surface area (Å²) in [5.74, 6) is -1.12. The predicted molar refractivity (Wildman–Crippen MR) is 111 cm³/mol. The Hall–Kier alpha value is -2.74. The minimum Gasteiger partial charge on any atom is -0.481 e. The molecular formula is C21H25N3O4S. The van der Waals surface area contributed by atoms with Crippen molar-refractivity contribution in [2.24, 2.45) is 0 Å². The van der Waals surface area contributed by atoms with Crippen LogP contribution in [0.2, 0.25) is 0 Å². The lowest BCUT2D eigenvalue weighted by molar-refractivity contribution is -0.138. The van der Waals surface area contributed by atoms with Crippen molar-refractivity contribution in [3.05, 3.63) is 60.2 Å². The van der Waals surface area contributed by atoms with Crippen molar-refractivity contribution < 1.29 is 19.5 Å². The van der Waals surface area contributed by atoms with Crippen molar-refractivity contribution in [1.82, 2.24) is 14.9 Å². The molecular weight excluding hydrogens is 390 g/mol. The summed E-state index contributed by atoms with van der Waals surface area (Å²) in [6, 6.07) is 7.34. The number of aromatic nitrogens is 2. The maximum absolute atomic E-state index is 11.8. The molecule has 7 nitrogen and oxygen atoms in total. The molecule has 1 aliphatic heterocycles. The monoisotopic (exact) mass is 415 g/mol. The van der Waals surface area contributed by atoms with Gasteiger partial charge in [0.2, 0.25) is 5.91 Å². The van der Waals surface area contributed by atoms with Crippen molar-refractivity contribution in [2.45, 2.75) is 37.9 Å². The Morgan fingerprint density at radius 1 is 1.17 bits per heavy atom. The van der Waals surface area contributed by atoms with E-state index < -0.39 is 11.9 Å². The SMILES string of the molecule is CC(=O)SC1CN(C(=O)CCc2cccnc2)C1.CC(C(=O)O)c1cccnc1. The van der Waals surface area contributed by atoms with Crippen LogP contribution in [0.4, 0.5) is 0 Å². The van der Waals surface area contributed by atoms with Crippen molar-refractivity contribution >= 4 is 28.8 Å². The van der Waals surface area contributed by atoms with Gasteiger partial charge in [0.15, 0.2) is 5.12 Å². The van der Waals surface area contributed by atoms with Crippen LogP contribution >= 0.6 is 11.8 Å². The highest BCUT2D eigenvalue weighted by atomic mass is 32.2. The number of likely N-dealkylation sites (tertiary alicyclic amines) is 1. The summed E-state index contributed by atoms with van der Waals surface area (Å²) in [7, 11) is 0. The molecule has 1 amide bonds. The number of carboxylic acid groups (broad SMARTS) is 1. The normalized spacial score (nSPS) is 14.2. The molecule has 0 aliphatic carbocycles. The third-order valence-corrected chi connectivity index (χ3v) is 5.40. The van der Waals surface area contributed by atoms with Gasteiger partial charge in [-0.2, -0.15) is 0 Å². The van der Waals surface area contributed by atoms with Crippen LogP contribution in [0.3, 0.4) is 0 Å². The Balaban J connectivity index is 0.000000234. The maximum Gasteiger partial charge on any atom is 0.310 e. The molecule has 0 spiro atoms. The smallest absolute Gasteiger partial charge is 0.310 e. The van der Waals surface area contributed by atoms with Crippen molar-refractivity contribution in [1.29, 1.82) is 0 Å². The molecule has 0 radical (unpaired) electrons. The van der Waals surface area contributed by atoms with Gasteiger partial charge in [0, 0.05) is 56.5 Å². The van der Waals surface area contributed by atoms with Gasteiger partial charge in [-0.15, -0.1) is 0 Å². The Labute approximate surface area is 174 Å². The number of carbonyl (C=O) groups is 3. The number of nitrogens with zero attached hydrogens (tertiary/aromatic N) is 3. The number of amides is 1. The molecule has 3 heterocycles. The first-order chi connectivity index (χ1) is 13.9. The second kappa shape index (κ2) is 11.3. The van der Waals surface area contributed by atoms with E-state index in [1.54, 1.807) is 50.8 Å². The zero-order valence-electron chi connectivity index (χ0n) is 16.5. The van der Waals surface area contributed by atoms with Crippen LogP contribution in [-0.4, -0.2) is 55.3 Å². The average Bonchev–Trinajstić information content (AvgIpc) is 2.69. The molecule has 0 aromatic carbocycles. The van der Waals surface area contributed by atoms with E-state index >= 15 is 0 Å². The molecule has 1 unspecified atom stereocenters. The number of thioether (sulfide) groups is 1. The highest BCUT2D eigenvalue weighted by Crippen LogP contribution is 2.23. The fourth-order valence-electron chi connectivity index (χ4n) is 2.68. The number of rotatable bonds is 6. The Kier molecular flexibility index (Phi) is 8.79. The number of hydrogen-bond donors (Lipinski definition) is 1. The molecule has 0 bridgehead atoms. The Morgan fingerprint density at radius 3 is 2.34 bits per heavy atom. The topological polar surface area (TPSA) is 100 Å². The lowest BCUT2D eigenvalue weighted by Crippen LogP contribution is -2.52. The van der Waals surface area contributed by atoms with Crippen LogP contribution in [0.1, 0.15) is 37.3 Å². The fourth-order valence-corrected chi connectivity index (χ4v) is 3.66. The minimum atomic E-state index is -0.821. The first-order valence-electron chi connectivity index (χ1n) is 9.33. The van der Waals surface area contributed by atoms with Gasteiger partial charge in [-0.25, -0.2) is 0 Å². The van der Waals surface area contributed by atoms with Crippen LogP contribution in [-0.2, 0) is 20.8 Å². The lowest BCUT2D eigenvalue weighted by Gasteiger charge is -2.38. The highest BCUT2D eigenvalue weighted by molar-refractivity contribution is 8.14. The van der Waals surface area contributed by atoms with Crippen molar-refractivity contribution in [3.8, 4) is 0 Å². The molecule has 1 atom stereocenters. The molecule has 1 fully saturated rings. The first kappa shape index (κ1) is 22.5. The molecule has 1 saturated heterocycles. The van der Waals surface area contributed by atoms with E-state index in [1.165, 1.54) is 11.8 Å². The number of aliphatic carboxylic acids is 1. The second-order valence-electron chi connectivity index (χ2n) is 6.74. The molecule has 2 aromatic rings. The molecule has 8 heteroatoms. The van der Waals surface area contributed by atoms with E-state index in [4.69, 9.17) is 5.11 Å². The molecule has 29 heavy (non-hydrogen) atoms. The summed E-state index contributed by atoms with van der Waals surface area (Å²) in [4.78, 5) is 42.9. The summed E-state index contributed by atoms with van der Waals surface area (Å²) in [5.41, 5.74) is 1.82. The first-order valence-corrected chi connectivity index (χ1v) is 10.2. The summed E-state index contributed by atoms with van der Waals surface area (Å²) in [6.45, 7) is 4.61. The van der Waals surface area contributed by atoms with Crippen LogP contribution in [0.25, 0.3) is 0 Å². The van der Waals surface area contributed by atoms with Gasteiger partial charge in [-0.05, 0) is 36.6 Å². The van der Waals surface area contributed by atoms with Gasteiger partial charge in [0.25, 0.3) is 0 Å². The number of pyridine rings is 2. The van der Waals surface area contributed by atoms with Crippen LogP contribution in [0.5, 0.6) is 0 Å². The quantitative estimate of drug-likeness (QED) is 0.774. The molecule has 0 saturated carbocycles. The van der Waals surface area contributed by atoms with Gasteiger partial charge >= 0.3 is 5.97 Å². The maximum atomic E-state index is 11.8. The summed E-state index contributed by atoms with van der Waals surface area (Å²) >= 11 is 1.33. The summed E-state index contributed by atoms with van der Waals surface area (Å²) in [6.07, 6.45) is 7.95. The minimum absolute atomic E-state index is 0.127. The second-order valence-corrected chi connectivity index (χ2v) is 8.22. The number of carboxylic acids is 1. The Morgan fingerprint density at radius 2 is 1.83 bits per heavy atom. The van der Waals surface area contributed by atoms with E-state index in [-0.39, 0.29) is 11.0 Å². The zero-order chi connectivity index (χ0) is 21.2.